The third-order valence-corrected chi connectivity index (χ3v) is 2.79. The average molecular weight is 347 g/mol. The Morgan fingerprint density at radius 3 is 2.70 bits per heavy atom. The molecule has 0 amide bonds. The highest BCUT2D eigenvalue weighted by Crippen LogP contribution is 2.28. The van der Waals surface area contributed by atoms with Crippen LogP contribution in [0.3, 0.4) is 0 Å². The summed E-state index contributed by atoms with van der Waals surface area (Å²) in [6.45, 7) is -0.495. The number of benzene rings is 1. The van der Waals surface area contributed by atoms with Crippen LogP contribution in [0.5, 0.6) is 11.5 Å². The smallest absolute Gasteiger partial charge is 0.387 e. The van der Waals surface area contributed by atoms with Crippen LogP contribution in [0.25, 0.3) is 0 Å². The van der Waals surface area contributed by atoms with Gasteiger partial charge in [0.15, 0.2) is 16.6 Å². The van der Waals surface area contributed by atoms with Crippen molar-refractivity contribution < 1.29 is 23.0 Å². The zero-order valence-corrected chi connectivity index (χ0v) is 13.8. The fourth-order valence-corrected chi connectivity index (χ4v) is 1.92. The molecule has 0 saturated heterocycles. The number of hydrogen-bond donors (Lipinski definition) is 2. The lowest BCUT2D eigenvalue weighted by Gasteiger charge is -2.13. The van der Waals surface area contributed by atoms with Gasteiger partial charge in [0, 0.05) is 13.2 Å². The number of nitrogens with zero attached hydrogens (tertiary/aromatic N) is 1. The molecule has 1 aromatic rings. The minimum atomic E-state index is -2.91. The first-order chi connectivity index (χ1) is 11.0. The number of ether oxygens (including phenoxy) is 3. The van der Waals surface area contributed by atoms with E-state index in [0.717, 1.165) is 0 Å². The normalized spacial score (nSPS) is 12.3. The van der Waals surface area contributed by atoms with E-state index in [2.05, 4.69) is 20.6 Å². The predicted octanol–water partition coefficient (Wildman–Crippen LogP) is 2.13. The van der Waals surface area contributed by atoms with Gasteiger partial charge in [-0.1, -0.05) is 0 Å². The van der Waals surface area contributed by atoms with Gasteiger partial charge in [0.05, 0.1) is 19.9 Å². The number of thiocarbonyl (C=S) groups is 1. The van der Waals surface area contributed by atoms with Gasteiger partial charge < -0.3 is 19.5 Å². The van der Waals surface area contributed by atoms with Crippen molar-refractivity contribution in [2.45, 2.75) is 19.6 Å². The maximum Gasteiger partial charge on any atom is 0.387 e. The molecule has 0 aliphatic carbocycles. The molecule has 128 valence electrons. The Bertz CT molecular complexity index is 544. The van der Waals surface area contributed by atoms with E-state index in [1.54, 1.807) is 13.2 Å². The lowest BCUT2D eigenvalue weighted by molar-refractivity contribution is -0.0512. The van der Waals surface area contributed by atoms with Crippen LogP contribution in [0.1, 0.15) is 12.5 Å². The summed E-state index contributed by atoms with van der Waals surface area (Å²) in [4.78, 5) is 0. The molecule has 1 aromatic carbocycles. The van der Waals surface area contributed by atoms with Gasteiger partial charge in [0.25, 0.3) is 0 Å². The average Bonchev–Trinajstić information content (AvgIpc) is 2.48. The minimum Gasteiger partial charge on any atom is -0.493 e. The largest absolute Gasteiger partial charge is 0.493 e. The molecule has 6 nitrogen and oxygen atoms in total. The Balaban J connectivity index is 2.61. The molecular formula is C14H19F2N3O3S. The minimum absolute atomic E-state index is 0.0427. The topological polar surface area (TPSA) is 64.1 Å². The van der Waals surface area contributed by atoms with E-state index in [0.29, 0.717) is 17.3 Å². The summed E-state index contributed by atoms with van der Waals surface area (Å²) >= 11 is 5.06. The molecule has 0 heterocycles. The molecule has 0 aromatic heterocycles. The molecule has 2 N–H and O–H groups in total. The Hall–Kier alpha value is -2.00. The molecule has 0 aliphatic heterocycles. The number of hydrazone groups is 1. The first-order valence-electron chi connectivity index (χ1n) is 6.67. The fraction of sp³-hybridized carbons (Fsp3) is 0.429. The van der Waals surface area contributed by atoms with Gasteiger partial charge in [0.1, 0.15) is 0 Å². The van der Waals surface area contributed by atoms with Gasteiger partial charge >= 0.3 is 6.61 Å². The van der Waals surface area contributed by atoms with Crippen LogP contribution in [0.15, 0.2) is 23.3 Å². The highest BCUT2D eigenvalue weighted by atomic mass is 32.1. The van der Waals surface area contributed by atoms with Gasteiger partial charge in [0.2, 0.25) is 0 Å². The molecule has 1 rings (SSSR count). The van der Waals surface area contributed by atoms with Crippen molar-refractivity contribution in [3.63, 3.8) is 0 Å². The number of methoxy groups -OCH3 is 2. The molecular weight excluding hydrogens is 328 g/mol. The maximum atomic E-state index is 12.2. The quantitative estimate of drug-likeness (QED) is 0.427. The van der Waals surface area contributed by atoms with Crippen LogP contribution in [0.4, 0.5) is 8.78 Å². The van der Waals surface area contributed by atoms with E-state index in [1.807, 2.05) is 6.92 Å². The van der Waals surface area contributed by atoms with E-state index in [-0.39, 0.29) is 17.5 Å². The van der Waals surface area contributed by atoms with E-state index < -0.39 is 6.61 Å². The maximum absolute atomic E-state index is 12.2. The third-order valence-electron chi connectivity index (χ3n) is 2.58. The Morgan fingerprint density at radius 2 is 2.09 bits per heavy atom. The van der Waals surface area contributed by atoms with Gasteiger partial charge in [-0.3, -0.25) is 5.43 Å². The molecule has 0 bridgehead atoms. The number of halogens is 2. The van der Waals surface area contributed by atoms with Crippen molar-refractivity contribution in [1.29, 1.82) is 0 Å². The molecule has 9 heteroatoms. The Morgan fingerprint density at radius 1 is 1.35 bits per heavy atom. The number of hydrogen-bond acceptors (Lipinski definition) is 5. The molecule has 0 fully saturated rings. The Labute approximate surface area is 138 Å². The van der Waals surface area contributed by atoms with Crippen molar-refractivity contribution in [1.82, 2.24) is 10.7 Å². The monoisotopic (exact) mass is 347 g/mol. The van der Waals surface area contributed by atoms with E-state index in [4.69, 9.17) is 21.7 Å². The van der Waals surface area contributed by atoms with Gasteiger partial charge in [-0.15, -0.1) is 0 Å². The van der Waals surface area contributed by atoms with Crippen LogP contribution in [0.2, 0.25) is 0 Å². The summed E-state index contributed by atoms with van der Waals surface area (Å²) in [6, 6.07) is 4.51. The van der Waals surface area contributed by atoms with Gasteiger partial charge in [-0.2, -0.15) is 13.9 Å². The molecule has 1 atom stereocenters. The third kappa shape index (κ3) is 7.20. The Kier molecular flexibility index (Phi) is 8.20. The highest BCUT2D eigenvalue weighted by molar-refractivity contribution is 7.80. The molecule has 0 aliphatic rings. The van der Waals surface area contributed by atoms with Crippen LogP contribution in [0, 0.1) is 0 Å². The van der Waals surface area contributed by atoms with Crippen LogP contribution >= 0.6 is 12.2 Å². The summed E-state index contributed by atoms with van der Waals surface area (Å²) in [5, 5.41) is 7.27. The molecule has 23 heavy (non-hydrogen) atoms. The molecule has 0 saturated carbocycles. The van der Waals surface area contributed by atoms with E-state index in [9.17, 15) is 8.78 Å². The predicted molar refractivity (Wildman–Crippen MR) is 87.4 cm³/mol. The van der Waals surface area contributed by atoms with Crippen molar-refractivity contribution >= 4 is 23.5 Å². The van der Waals surface area contributed by atoms with Crippen LogP contribution < -0.4 is 20.2 Å². The van der Waals surface area contributed by atoms with Crippen molar-refractivity contribution in [2.24, 2.45) is 5.10 Å². The summed E-state index contributed by atoms with van der Waals surface area (Å²) in [5.74, 6) is 0.141. The standard InChI is InChI=1S/C14H19F2N3O3S/c1-9(8-20-2)18-14(23)19-17-7-10-4-5-11(22-13(15)16)12(6-10)21-3/h4-7,9,13H,8H2,1-3H3,(H2,18,19,23)/b17-7-/t9-/m0/s1. The van der Waals surface area contributed by atoms with Crippen LogP contribution in [-0.4, -0.2) is 44.8 Å². The fourth-order valence-electron chi connectivity index (χ4n) is 1.67. The van der Waals surface area contributed by atoms with Crippen molar-refractivity contribution in [3.8, 4) is 11.5 Å². The molecule has 0 radical (unpaired) electrons. The van der Waals surface area contributed by atoms with E-state index >= 15 is 0 Å². The van der Waals surface area contributed by atoms with Gasteiger partial charge in [-0.25, -0.2) is 0 Å². The van der Waals surface area contributed by atoms with Crippen molar-refractivity contribution in [2.75, 3.05) is 20.8 Å². The second-order valence-electron chi connectivity index (χ2n) is 4.49. The number of nitrogens with one attached hydrogen (secondary N) is 2. The second kappa shape index (κ2) is 9.90. The first-order valence-corrected chi connectivity index (χ1v) is 7.08. The van der Waals surface area contributed by atoms with Gasteiger partial charge in [-0.05, 0) is 42.9 Å². The number of rotatable bonds is 8. The number of alkyl halides is 2. The van der Waals surface area contributed by atoms with E-state index in [1.165, 1.54) is 25.5 Å². The lowest BCUT2D eigenvalue weighted by atomic mass is 10.2. The summed E-state index contributed by atoms with van der Waals surface area (Å²) in [7, 11) is 2.96. The lowest BCUT2D eigenvalue weighted by Crippen LogP contribution is -2.40. The van der Waals surface area contributed by atoms with Crippen LogP contribution in [-0.2, 0) is 4.74 Å². The zero-order chi connectivity index (χ0) is 17.2. The molecule has 0 spiro atoms. The second-order valence-corrected chi connectivity index (χ2v) is 4.90. The SMILES string of the molecule is COC[C@H](C)NC(=S)N/N=C\c1ccc(OC(F)F)c(OC)c1. The summed E-state index contributed by atoms with van der Waals surface area (Å²) in [6.07, 6.45) is 1.48. The summed E-state index contributed by atoms with van der Waals surface area (Å²) in [5.41, 5.74) is 3.28. The first kappa shape index (κ1) is 19.0. The van der Waals surface area contributed by atoms with Crippen molar-refractivity contribution in [3.05, 3.63) is 23.8 Å². The molecule has 0 unspecified atom stereocenters. The highest BCUT2D eigenvalue weighted by Gasteiger charge is 2.10. The zero-order valence-electron chi connectivity index (χ0n) is 13.0. The summed E-state index contributed by atoms with van der Waals surface area (Å²) < 4.78 is 38.8.